The predicted octanol–water partition coefficient (Wildman–Crippen LogP) is 4.01. The second-order valence-corrected chi connectivity index (χ2v) is 6.45. The Bertz CT molecular complexity index is 1070. The monoisotopic (exact) mass is 408 g/mol. The number of nitrogens with zero attached hydrogens (tertiary/aromatic N) is 5. The van der Waals surface area contributed by atoms with E-state index in [1.54, 1.807) is 7.05 Å². The van der Waals surface area contributed by atoms with Crippen LogP contribution in [0.15, 0.2) is 42.5 Å². The highest BCUT2D eigenvalue weighted by molar-refractivity contribution is 6.39. The Morgan fingerprint density at radius 2 is 1.81 bits per heavy atom. The number of halogens is 3. The van der Waals surface area contributed by atoms with Gasteiger partial charge < -0.3 is 10.3 Å². The summed E-state index contributed by atoms with van der Waals surface area (Å²) in [6.07, 6.45) is 0. The normalized spacial score (nSPS) is 10.9. The molecular formula is C17H15Cl3N6. The van der Waals surface area contributed by atoms with Crippen LogP contribution in [-0.2, 0) is 13.6 Å². The summed E-state index contributed by atoms with van der Waals surface area (Å²) in [5.41, 5.74) is 9.27. The Labute approximate surface area is 165 Å². The van der Waals surface area contributed by atoms with Crippen LogP contribution < -0.4 is 5.73 Å². The molecule has 0 atom stereocenters. The van der Waals surface area contributed by atoms with E-state index in [1.807, 2.05) is 47.0 Å². The minimum atomic E-state index is 0. The second-order valence-electron chi connectivity index (χ2n) is 5.63. The summed E-state index contributed by atoms with van der Waals surface area (Å²) in [5.74, 6) is 0.447. The van der Waals surface area contributed by atoms with Crippen LogP contribution in [-0.4, -0.2) is 24.8 Å². The first-order valence-corrected chi connectivity index (χ1v) is 8.37. The first-order chi connectivity index (χ1) is 12.1. The van der Waals surface area contributed by atoms with Crippen LogP contribution in [0.1, 0.15) is 5.56 Å². The molecule has 0 amide bonds. The van der Waals surface area contributed by atoms with Crippen molar-refractivity contribution < 1.29 is 0 Å². The van der Waals surface area contributed by atoms with Gasteiger partial charge >= 0.3 is 0 Å². The number of aryl methyl sites for hydroxylation is 1. The molecule has 6 nitrogen and oxygen atoms in total. The SMILES string of the molecule is Cl.Cn1nnc(-c2c(Cl)c3cc(Cl)ccc3n2-c2ccc(CN)cc2)n1. The zero-order chi connectivity index (χ0) is 17.6. The molecule has 0 saturated heterocycles. The van der Waals surface area contributed by atoms with Crippen molar-refractivity contribution in [2.24, 2.45) is 12.8 Å². The molecule has 4 rings (SSSR count). The fraction of sp³-hybridized carbons (Fsp3) is 0.118. The van der Waals surface area contributed by atoms with Gasteiger partial charge in [-0.05, 0) is 41.1 Å². The van der Waals surface area contributed by atoms with Crippen molar-refractivity contribution in [3.05, 3.63) is 58.1 Å². The quantitative estimate of drug-likeness (QED) is 0.555. The summed E-state index contributed by atoms with van der Waals surface area (Å²) >= 11 is 12.8. The van der Waals surface area contributed by atoms with Gasteiger partial charge in [-0.25, -0.2) is 0 Å². The third kappa shape index (κ3) is 3.05. The van der Waals surface area contributed by atoms with E-state index < -0.39 is 0 Å². The van der Waals surface area contributed by atoms with Crippen molar-refractivity contribution in [2.75, 3.05) is 0 Å². The zero-order valence-corrected chi connectivity index (χ0v) is 16.1. The maximum atomic E-state index is 6.67. The topological polar surface area (TPSA) is 74.5 Å². The summed E-state index contributed by atoms with van der Waals surface area (Å²) in [6.45, 7) is 0.488. The number of fused-ring (bicyclic) bond motifs is 1. The van der Waals surface area contributed by atoms with Crippen LogP contribution in [0.25, 0.3) is 28.1 Å². The highest BCUT2D eigenvalue weighted by Crippen LogP contribution is 2.39. The van der Waals surface area contributed by atoms with Crippen LogP contribution in [0.2, 0.25) is 10.0 Å². The molecule has 0 aliphatic carbocycles. The van der Waals surface area contributed by atoms with Gasteiger partial charge in [-0.1, -0.05) is 35.3 Å². The lowest BCUT2D eigenvalue weighted by Gasteiger charge is -2.10. The Morgan fingerprint density at radius 1 is 1.08 bits per heavy atom. The standard InChI is InChI=1S/C17H14Cl2N6.ClH/c1-24-22-17(21-23-24)16-15(19)13-8-11(18)4-7-14(13)25(16)12-5-2-10(9-20)3-6-12;/h2-8H,9,20H2,1H3;1H. The van der Waals surface area contributed by atoms with Gasteiger partial charge in [0.25, 0.3) is 0 Å². The lowest BCUT2D eigenvalue weighted by molar-refractivity contribution is 0.630. The van der Waals surface area contributed by atoms with E-state index in [2.05, 4.69) is 15.4 Å². The molecule has 4 aromatic rings. The highest BCUT2D eigenvalue weighted by Gasteiger charge is 2.22. The molecule has 9 heteroatoms. The van der Waals surface area contributed by atoms with E-state index in [9.17, 15) is 0 Å². The molecule has 134 valence electrons. The van der Waals surface area contributed by atoms with Crippen molar-refractivity contribution in [3.8, 4) is 17.2 Å². The molecular weight excluding hydrogens is 395 g/mol. The molecule has 0 unspecified atom stereocenters. The summed E-state index contributed by atoms with van der Waals surface area (Å²) < 4.78 is 2.01. The molecule has 0 aliphatic rings. The van der Waals surface area contributed by atoms with E-state index in [-0.39, 0.29) is 12.4 Å². The highest BCUT2D eigenvalue weighted by atomic mass is 35.5. The van der Waals surface area contributed by atoms with Crippen LogP contribution in [0.5, 0.6) is 0 Å². The van der Waals surface area contributed by atoms with Gasteiger partial charge in [-0.2, -0.15) is 4.80 Å². The Morgan fingerprint density at radius 3 is 2.42 bits per heavy atom. The van der Waals surface area contributed by atoms with Crippen LogP contribution in [0.4, 0.5) is 0 Å². The zero-order valence-electron chi connectivity index (χ0n) is 13.7. The third-order valence-corrected chi connectivity index (χ3v) is 4.64. The minimum absolute atomic E-state index is 0. The van der Waals surface area contributed by atoms with Crippen LogP contribution >= 0.6 is 35.6 Å². The molecule has 0 bridgehead atoms. The minimum Gasteiger partial charge on any atom is -0.326 e. The fourth-order valence-corrected chi connectivity index (χ4v) is 3.34. The number of hydrogen-bond acceptors (Lipinski definition) is 4. The molecule has 26 heavy (non-hydrogen) atoms. The van der Waals surface area contributed by atoms with Crippen molar-refractivity contribution in [1.82, 2.24) is 24.8 Å². The smallest absolute Gasteiger partial charge is 0.223 e. The number of nitrogens with two attached hydrogens (primary N) is 1. The van der Waals surface area contributed by atoms with Gasteiger partial charge in [0.2, 0.25) is 5.82 Å². The largest absolute Gasteiger partial charge is 0.326 e. The summed E-state index contributed by atoms with van der Waals surface area (Å²) in [4.78, 5) is 1.40. The van der Waals surface area contributed by atoms with Crippen LogP contribution in [0, 0.1) is 0 Å². The number of rotatable bonds is 3. The number of hydrogen-bond donors (Lipinski definition) is 1. The van der Waals surface area contributed by atoms with E-state index in [0.29, 0.717) is 28.1 Å². The molecule has 0 saturated carbocycles. The second kappa shape index (κ2) is 7.25. The predicted molar refractivity (Wildman–Crippen MR) is 106 cm³/mol. The summed E-state index contributed by atoms with van der Waals surface area (Å²) in [7, 11) is 1.71. The Balaban J connectivity index is 0.00000196. The van der Waals surface area contributed by atoms with E-state index >= 15 is 0 Å². The lowest BCUT2D eigenvalue weighted by Crippen LogP contribution is -2.00. The van der Waals surface area contributed by atoms with Gasteiger partial charge in [-0.3, -0.25) is 0 Å². The van der Waals surface area contributed by atoms with E-state index in [0.717, 1.165) is 22.2 Å². The number of tetrazole rings is 1. The third-order valence-electron chi connectivity index (χ3n) is 4.02. The number of benzene rings is 2. The maximum Gasteiger partial charge on any atom is 0.223 e. The molecule has 0 spiro atoms. The average molecular weight is 410 g/mol. The van der Waals surface area contributed by atoms with Gasteiger partial charge in [0.15, 0.2) is 0 Å². The van der Waals surface area contributed by atoms with Crippen molar-refractivity contribution >= 4 is 46.5 Å². The molecule has 0 aliphatic heterocycles. The maximum absolute atomic E-state index is 6.67. The van der Waals surface area contributed by atoms with Crippen molar-refractivity contribution in [2.45, 2.75) is 6.54 Å². The van der Waals surface area contributed by atoms with Crippen molar-refractivity contribution in [3.63, 3.8) is 0 Å². The first kappa shape index (κ1) is 18.7. The first-order valence-electron chi connectivity index (χ1n) is 7.61. The lowest BCUT2D eigenvalue weighted by atomic mass is 10.2. The molecule has 2 aromatic carbocycles. The molecule has 0 radical (unpaired) electrons. The summed E-state index contributed by atoms with van der Waals surface area (Å²) in [6, 6.07) is 13.6. The van der Waals surface area contributed by atoms with Gasteiger partial charge in [0.1, 0.15) is 5.69 Å². The molecule has 0 fully saturated rings. The van der Waals surface area contributed by atoms with Crippen LogP contribution in [0.3, 0.4) is 0 Å². The van der Waals surface area contributed by atoms with Crippen molar-refractivity contribution in [1.29, 1.82) is 0 Å². The number of aromatic nitrogens is 5. The molecule has 2 aromatic heterocycles. The van der Waals surface area contributed by atoms with Gasteiger partial charge in [0.05, 0.1) is 17.6 Å². The summed E-state index contributed by atoms with van der Waals surface area (Å²) in [5, 5.41) is 14.4. The molecule has 2 heterocycles. The van der Waals surface area contributed by atoms with Gasteiger partial charge in [0, 0.05) is 22.6 Å². The van der Waals surface area contributed by atoms with E-state index in [1.165, 1.54) is 4.80 Å². The fourth-order valence-electron chi connectivity index (χ4n) is 2.85. The molecule has 2 N–H and O–H groups in total. The Hall–Kier alpha value is -2.12. The van der Waals surface area contributed by atoms with Gasteiger partial charge in [-0.15, -0.1) is 22.6 Å². The Kier molecular flexibility index (Phi) is 5.20. The average Bonchev–Trinajstić information content (AvgIpc) is 3.16. The van der Waals surface area contributed by atoms with E-state index in [4.69, 9.17) is 28.9 Å².